The molecule has 0 aromatic heterocycles. The molecule has 7 atom stereocenters. The van der Waals surface area contributed by atoms with Crippen LogP contribution in [0.4, 0.5) is 0 Å². The number of aliphatic imine (C=N–C) groups is 1. The average Bonchev–Trinajstić information content (AvgIpc) is 3.42. The zero-order valence-electron chi connectivity index (χ0n) is 22.4. The van der Waals surface area contributed by atoms with Crippen LogP contribution >= 0.6 is 0 Å². The van der Waals surface area contributed by atoms with Gasteiger partial charge in [-0.1, -0.05) is 12.1 Å². The number of amidine groups is 1. The number of methoxy groups -OCH3 is 1. The van der Waals surface area contributed by atoms with E-state index in [1.807, 2.05) is 0 Å². The number of nitrogens with one attached hydrogen (secondary N) is 1. The van der Waals surface area contributed by atoms with E-state index in [1.54, 1.807) is 24.3 Å². The summed E-state index contributed by atoms with van der Waals surface area (Å²) in [6, 6.07) is 7.73. The lowest BCUT2D eigenvalue weighted by atomic mass is 9.99. The fraction of sp³-hybridized carbons (Fsp3) is 0.321. The molecule has 0 spiro atoms. The summed E-state index contributed by atoms with van der Waals surface area (Å²) in [5.41, 5.74) is 0.752. The Bertz CT molecular complexity index is 1500. The van der Waals surface area contributed by atoms with Gasteiger partial charge in [0.25, 0.3) is 0 Å². The monoisotopic (exact) mass is 600 g/mol. The summed E-state index contributed by atoms with van der Waals surface area (Å²) in [5, 5.41) is 79.0. The fourth-order valence-corrected chi connectivity index (χ4v) is 4.64. The smallest absolute Gasteiger partial charge is 0.335 e. The van der Waals surface area contributed by atoms with E-state index in [1.165, 1.54) is 31.4 Å². The minimum Gasteiger partial charge on any atom is -0.507 e. The fourth-order valence-electron chi connectivity index (χ4n) is 4.64. The highest BCUT2D eigenvalue weighted by atomic mass is 16.7. The largest absolute Gasteiger partial charge is 0.507 e. The number of ether oxygens (including phenoxy) is 5. The van der Waals surface area contributed by atoms with Crippen LogP contribution in [0.2, 0.25) is 0 Å². The summed E-state index contributed by atoms with van der Waals surface area (Å²) >= 11 is 0. The predicted octanol–water partition coefficient (Wildman–Crippen LogP) is 0.432. The summed E-state index contributed by atoms with van der Waals surface area (Å²) in [6.45, 7) is -0.101. The molecule has 15 nitrogen and oxygen atoms in total. The number of aliphatic hydroxyl groups excluding tert-OH is 5. The molecular weight excluding hydrogens is 572 g/mol. The van der Waals surface area contributed by atoms with E-state index in [0.717, 1.165) is 0 Å². The van der Waals surface area contributed by atoms with Crippen molar-refractivity contribution in [2.75, 3.05) is 13.7 Å². The Morgan fingerprint density at radius 1 is 1.09 bits per heavy atom. The van der Waals surface area contributed by atoms with Crippen molar-refractivity contribution in [1.82, 2.24) is 0 Å². The number of nitrogens with zero attached hydrogens (tertiary/aromatic N) is 1. The highest BCUT2D eigenvalue weighted by Crippen LogP contribution is 2.50. The molecule has 0 radical (unpaired) electrons. The lowest BCUT2D eigenvalue weighted by Crippen LogP contribution is -2.61. The second-order valence-corrected chi connectivity index (χ2v) is 9.72. The number of fused-ring (bicyclic) bond motifs is 1. The van der Waals surface area contributed by atoms with E-state index in [-0.39, 0.29) is 41.0 Å². The standard InChI is InChI=1S/C28H28N2O13/c1-39-25-18(42-28-24(36)22(34)23(35)26(43-28)27(37)38)9-17-20(21(25)33)14(31)8-16(41-17)11-2-4-12(5-3-11)40-10-15(32)13-6-7-19(29)30-13/h2-9,15-16,22-24,26,28-29,31-36H,10H2,1H3,(H,37,38). The van der Waals surface area contributed by atoms with Crippen LogP contribution in [0.15, 0.2) is 53.6 Å². The SMILES string of the molecule is COc1c(OC2OC(C(=O)O)C(O)C(O)C2O)cc2c(c1O)C(O)=CC(c1ccc(OCC(O)C3=NC(=N)C=C3)cc1)O2. The Labute approximate surface area is 243 Å². The van der Waals surface area contributed by atoms with Crippen LogP contribution in [-0.2, 0) is 9.53 Å². The first-order chi connectivity index (χ1) is 20.5. The first-order valence-electron chi connectivity index (χ1n) is 12.9. The van der Waals surface area contributed by atoms with Gasteiger partial charge in [0.15, 0.2) is 17.6 Å². The average molecular weight is 601 g/mol. The molecule has 1 saturated heterocycles. The quantitative estimate of drug-likeness (QED) is 0.195. The van der Waals surface area contributed by atoms with Crippen molar-refractivity contribution in [1.29, 1.82) is 5.41 Å². The molecule has 2 aromatic rings. The number of carboxylic acid groups (broad SMARTS) is 1. The molecule has 3 aliphatic rings. The third-order valence-corrected chi connectivity index (χ3v) is 6.88. The molecule has 7 unspecified atom stereocenters. The molecule has 0 aliphatic carbocycles. The Balaban J connectivity index is 1.34. The van der Waals surface area contributed by atoms with Gasteiger partial charge in [-0.05, 0) is 29.8 Å². The summed E-state index contributed by atoms with van der Waals surface area (Å²) in [4.78, 5) is 15.3. The topological polar surface area (TPSA) is 241 Å². The van der Waals surface area contributed by atoms with Gasteiger partial charge < -0.3 is 59.4 Å². The van der Waals surface area contributed by atoms with E-state index in [0.29, 0.717) is 17.0 Å². The number of hydrogen-bond donors (Lipinski definition) is 8. The van der Waals surface area contributed by atoms with Crippen molar-refractivity contribution in [3.05, 3.63) is 59.7 Å². The summed E-state index contributed by atoms with van der Waals surface area (Å²) < 4.78 is 27.5. The van der Waals surface area contributed by atoms with Crippen molar-refractivity contribution in [2.24, 2.45) is 4.99 Å². The van der Waals surface area contributed by atoms with Gasteiger partial charge >= 0.3 is 5.97 Å². The Morgan fingerprint density at radius 3 is 2.44 bits per heavy atom. The molecule has 3 aliphatic heterocycles. The van der Waals surface area contributed by atoms with E-state index in [2.05, 4.69) is 4.99 Å². The van der Waals surface area contributed by atoms with Crippen molar-refractivity contribution in [3.63, 3.8) is 0 Å². The number of hydrogen-bond acceptors (Lipinski definition) is 13. The number of benzene rings is 2. The van der Waals surface area contributed by atoms with Gasteiger partial charge in [-0.15, -0.1) is 0 Å². The van der Waals surface area contributed by atoms with Crippen LogP contribution < -0.4 is 18.9 Å². The van der Waals surface area contributed by atoms with Crippen LogP contribution in [0.25, 0.3) is 5.76 Å². The maximum absolute atomic E-state index is 11.5. The van der Waals surface area contributed by atoms with Gasteiger partial charge in [0.05, 0.1) is 12.8 Å². The number of aliphatic carboxylic acids is 1. The van der Waals surface area contributed by atoms with Crippen LogP contribution in [0.3, 0.4) is 0 Å². The third kappa shape index (κ3) is 5.84. The number of carbonyl (C=O) groups is 1. The van der Waals surface area contributed by atoms with Crippen molar-refractivity contribution in [2.45, 2.75) is 42.9 Å². The maximum Gasteiger partial charge on any atom is 0.335 e. The number of aliphatic hydroxyl groups is 5. The summed E-state index contributed by atoms with van der Waals surface area (Å²) in [6.07, 6.45) is -7.03. The molecule has 43 heavy (non-hydrogen) atoms. The number of carboxylic acids is 1. The Morgan fingerprint density at radius 2 is 1.81 bits per heavy atom. The lowest BCUT2D eigenvalue weighted by molar-refractivity contribution is -0.271. The van der Waals surface area contributed by atoms with Gasteiger partial charge in [-0.2, -0.15) is 0 Å². The highest BCUT2D eigenvalue weighted by molar-refractivity contribution is 6.15. The molecule has 3 heterocycles. The van der Waals surface area contributed by atoms with E-state index in [9.17, 15) is 40.5 Å². The normalized spacial score (nSPS) is 27.0. The van der Waals surface area contributed by atoms with Crippen LogP contribution in [-0.4, -0.2) is 104 Å². The van der Waals surface area contributed by atoms with Gasteiger partial charge in [0.1, 0.15) is 65.8 Å². The van der Waals surface area contributed by atoms with Crippen LogP contribution in [0.5, 0.6) is 28.7 Å². The van der Waals surface area contributed by atoms with Crippen LogP contribution in [0, 0.1) is 5.41 Å². The van der Waals surface area contributed by atoms with E-state index in [4.69, 9.17) is 29.1 Å². The molecule has 8 N–H and O–H groups in total. The minimum atomic E-state index is -1.94. The van der Waals surface area contributed by atoms with E-state index < -0.39 is 54.6 Å². The van der Waals surface area contributed by atoms with Crippen LogP contribution in [0.1, 0.15) is 17.2 Å². The Kier molecular flexibility index (Phi) is 8.25. The van der Waals surface area contributed by atoms with E-state index >= 15 is 0 Å². The zero-order valence-corrected chi connectivity index (χ0v) is 22.4. The van der Waals surface area contributed by atoms with Gasteiger partial charge in [-0.3, -0.25) is 5.41 Å². The molecule has 0 bridgehead atoms. The highest BCUT2D eigenvalue weighted by Gasteiger charge is 2.48. The molecule has 0 amide bonds. The second kappa shape index (κ2) is 11.9. The molecule has 228 valence electrons. The second-order valence-electron chi connectivity index (χ2n) is 9.72. The molecular formula is C28H28N2O13. The summed E-state index contributed by atoms with van der Waals surface area (Å²) in [5.74, 6) is -2.78. The zero-order chi connectivity index (χ0) is 31.0. The molecule has 2 aromatic carbocycles. The first-order valence-corrected chi connectivity index (χ1v) is 12.9. The minimum absolute atomic E-state index is 0.0413. The lowest BCUT2D eigenvalue weighted by Gasteiger charge is -2.38. The number of phenolic OH excluding ortho intramolecular Hbond substituents is 1. The van der Waals surface area contributed by atoms with Gasteiger partial charge in [-0.25, -0.2) is 9.79 Å². The molecule has 5 rings (SSSR count). The molecule has 15 heteroatoms. The third-order valence-electron chi connectivity index (χ3n) is 6.88. The molecule has 1 fully saturated rings. The van der Waals surface area contributed by atoms with Gasteiger partial charge in [0.2, 0.25) is 12.0 Å². The van der Waals surface area contributed by atoms with Crippen molar-refractivity contribution >= 4 is 23.3 Å². The number of rotatable bonds is 9. The van der Waals surface area contributed by atoms with Crippen molar-refractivity contribution in [3.8, 4) is 28.7 Å². The predicted molar refractivity (Wildman–Crippen MR) is 146 cm³/mol. The summed E-state index contributed by atoms with van der Waals surface area (Å²) in [7, 11) is 1.18. The molecule has 0 saturated carbocycles. The maximum atomic E-state index is 11.5. The van der Waals surface area contributed by atoms with Gasteiger partial charge in [0, 0.05) is 12.1 Å². The van der Waals surface area contributed by atoms with Crippen molar-refractivity contribution < 1.29 is 64.2 Å². The first kappa shape index (κ1) is 29.8. The Hall–Kier alpha value is -4.67. The number of aromatic hydroxyl groups is 1. The number of phenols is 1.